The van der Waals surface area contributed by atoms with Gasteiger partial charge in [-0.1, -0.05) is 74.5 Å². The molecule has 0 saturated heterocycles. The van der Waals surface area contributed by atoms with E-state index in [1.807, 2.05) is 11.3 Å². The van der Waals surface area contributed by atoms with Crippen molar-refractivity contribution in [2.45, 2.75) is 26.7 Å². The van der Waals surface area contributed by atoms with Gasteiger partial charge < -0.3 is 0 Å². The molecule has 0 fully saturated rings. The Morgan fingerprint density at radius 2 is 1.00 bits per heavy atom. The van der Waals surface area contributed by atoms with Crippen LogP contribution in [0, 0.1) is 0 Å². The summed E-state index contributed by atoms with van der Waals surface area (Å²) >= 11 is 1.98. The van der Waals surface area contributed by atoms with Gasteiger partial charge in [-0.3, -0.25) is 0 Å². The molecule has 0 N–H and O–H groups in total. The van der Waals surface area contributed by atoms with E-state index in [-0.39, 0.29) is 0 Å². The first kappa shape index (κ1) is 14.1. The lowest BCUT2D eigenvalue weighted by Crippen LogP contribution is -1.87. The van der Waals surface area contributed by atoms with Crippen molar-refractivity contribution in [1.29, 1.82) is 0 Å². The summed E-state index contributed by atoms with van der Waals surface area (Å²) in [6, 6.07) is 21.6. The highest BCUT2D eigenvalue weighted by atomic mass is 32.1. The number of hydrogen-bond donors (Lipinski definition) is 0. The van der Waals surface area contributed by atoms with Crippen LogP contribution in [0.5, 0.6) is 0 Å². The minimum atomic E-state index is 1.09. The third-order valence-corrected chi connectivity index (χ3v) is 5.30. The van der Waals surface area contributed by atoms with Crippen molar-refractivity contribution in [3.05, 3.63) is 70.4 Å². The number of thiophene rings is 1. The van der Waals surface area contributed by atoms with Gasteiger partial charge >= 0.3 is 0 Å². The zero-order valence-corrected chi connectivity index (χ0v) is 13.4. The Labute approximate surface area is 131 Å². The highest BCUT2D eigenvalue weighted by Crippen LogP contribution is 2.43. The van der Waals surface area contributed by atoms with Gasteiger partial charge in [0.15, 0.2) is 0 Å². The molecule has 106 valence electrons. The van der Waals surface area contributed by atoms with Gasteiger partial charge in [-0.25, -0.2) is 0 Å². The molecule has 0 aliphatic carbocycles. The Morgan fingerprint density at radius 1 is 0.619 bits per heavy atom. The van der Waals surface area contributed by atoms with Gasteiger partial charge in [0, 0.05) is 20.9 Å². The average molecular weight is 292 g/mol. The summed E-state index contributed by atoms with van der Waals surface area (Å²) < 4.78 is 0. The SMILES string of the molecule is CCc1sc(CC)c(-c2ccccc2)c1-c1ccccc1. The maximum absolute atomic E-state index is 2.26. The molecule has 0 unspecified atom stereocenters. The minimum absolute atomic E-state index is 1.09. The molecule has 1 heteroatoms. The van der Waals surface area contributed by atoms with E-state index in [1.54, 1.807) is 0 Å². The molecule has 0 spiro atoms. The predicted octanol–water partition coefficient (Wildman–Crippen LogP) is 6.21. The van der Waals surface area contributed by atoms with E-state index < -0.39 is 0 Å². The van der Waals surface area contributed by atoms with Gasteiger partial charge in [-0.2, -0.15) is 0 Å². The lowest BCUT2D eigenvalue weighted by atomic mass is 9.94. The summed E-state index contributed by atoms with van der Waals surface area (Å²) in [6.45, 7) is 4.51. The molecule has 0 amide bonds. The second-order valence-corrected chi connectivity index (χ2v) is 6.33. The topological polar surface area (TPSA) is 0 Å². The molecule has 0 bridgehead atoms. The van der Waals surface area contributed by atoms with Crippen LogP contribution in [-0.2, 0) is 12.8 Å². The zero-order valence-electron chi connectivity index (χ0n) is 12.6. The Bertz CT molecular complexity index is 646. The molecule has 3 aromatic rings. The Balaban J connectivity index is 2.29. The van der Waals surface area contributed by atoms with Gasteiger partial charge in [0.05, 0.1) is 0 Å². The van der Waals surface area contributed by atoms with Gasteiger partial charge in [0.1, 0.15) is 0 Å². The van der Waals surface area contributed by atoms with Crippen LogP contribution >= 0.6 is 11.3 Å². The van der Waals surface area contributed by atoms with Crippen molar-refractivity contribution in [2.24, 2.45) is 0 Å². The van der Waals surface area contributed by atoms with Crippen LogP contribution in [-0.4, -0.2) is 0 Å². The lowest BCUT2D eigenvalue weighted by Gasteiger charge is -2.09. The highest BCUT2D eigenvalue weighted by molar-refractivity contribution is 7.13. The molecule has 0 aliphatic rings. The molecular weight excluding hydrogens is 272 g/mol. The van der Waals surface area contributed by atoms with Crippen molar-refractivity contribution in [1.82, 2.24) is 0 Å². The predicted molar refractivity (Wildman–Crippen MR) is 93.9 cm³/mol. The molecule has 0 radical (unpaired) electrons. The van der Waals surface area contributed by atoms with Crippen LogP contribution in [0.15, 0.2) is 60.7 Å². The van der Waals surface area contributed by atoms with Crippen LogP contribution in [0.2, 0.25) is 0 Å². The van der Waals surface area contributed by atoms with Crippen molar-refractivity contribution in [3.8, 4) is 22.3 Å². The van der Waals surface area contributed by atoms with Crippen LogP contribution in [0.3, 0.4) is 0 Å². The second-order valence-electron chi connectivity index (χ2n) is 5.14. The molecule has 0 saturated carbocycles. The molecular formula is C20H20S. The average Bonchev–Trinajstić information content (AvgIpc) is 2.95. The van der Waals surface area contributed by atoms with Crippen molar-refractivity contribution >= 4 is 11.3 Å². The first-order valence-electron chi connectivity index (χ1n) is 7.60. The van der Waals surface area contributed by atoms with Gasteiger partial charge in [0.25, 0.3) is 0 Å². The summed E-state index contributed by atoms with van der Waals surface area (Å²) in [5, 5.41) is 0. The van der Waals surface area contributed by atoms with Crippen molar-refractivity contribution < 1.29 is 0 Å². The minimum Gasteiger partial charge on any atom is -0.144 e. The van der Waals surface area contributed by atoms with E-state index in [0.29, 0.717) is 0 Å². The molecule has 2 aromatic carbocycles. The van der Waals surface area contributed by atoms with Gasteiger partial charge in [-0.05, 0) is 24.0 Å². The summed E-state index contributed by atoms with van der Waals surface area (Å²) in [6.07, 6.45) is 2.18. The van der Waals surface area contributed by atoms with Gasteiger partial charge in [-0.15, -0.1) is 11.3 Å². The third-order valence-electron chi connectivity index (χ3n) is 3.82. The number of hydrogen-bond acceptors (Lipinski definition) is 1. The van der Waals surface area contributed by atoms with Crippen LogP contribution < -0.4 is 0 Å². The first-order chi connectivity index (χ1) is 10.3. The molecule has 3 rings (SSSR count). The monoisotopic (exact) mass is 292 g/mol. The summed E-state index contributed by atoms with van der Waals surface area (Å²) in [7, 11) is 0. The van der Waals surface area contributed by atoms with Crippen LogP contribution in [0.25, 0.3) is 22.3 Å². The fourth-order valence-corrected chi connectivity index (χ4v) is 4.08. The molecule has 0 nitrogen and oxygen atoms in total. The highest BCUT2D eigenvalue weighted by Gasteiger charge is 2.18. The fraction of sp³-hybridized carbons (Fsp3) is 0.200. The Morgan fingerprint density at radius 3 is 1.33 bits per heavy atom. The zero-order chi connectivity index (χ0) is 14.7. The van der Waals surface area contributed by atoms with Gasteiger partial charge in [0.2, 0.25) is 0 Å². The van der Waals surface area contributed by atoms with Crippen molar-refractivity contribution in [3.63, 3.8) is 0 Å². The van der Waals surface area contributed by atoms with E-state index in [9.17, 15) is 0 Å². The maximum Gasteiger partial charge on any atom is 0.0130 e. The van der Waals surface area contributed by atoms with E-state index in [4.69, 9.17) is 0 Å². The number of benzene rings is 2. The normalized spacial score (nSPS) is 10.8. The molecule has 21 heavy (non-hydrogen) atoms. The van der Waals surface area contributed by atoms with Crippen LogP contribution in [0.1, 0.15) is 23.6 Å². The molecule has 0 atom stereocenters. The smallest absolute Gasteiger partial charge is 0.0130 e. The first-order valence-corrected chi connectivity index (χ1v) is 8.42. The van der Waals surface area contributed by atoms with Crippen molar-refractivity contribution in [2.75, 3.05) is 0 Å². The molecule has 1 aromatic heterocycles. The number of rotatable bonds is 4. The third kappa shape index (κ3) is 2.66. The van der Waals surface area contributed by atoms with E-state index >= 15 is 0 Å². The standard InChI is InChI=1S/C20H20S/c1-3-17-19(15-11-7-5-8-12-15)20(18(4-2)21-17)16-13-9-6-10-14-16/h5-14H,3-4H2,1-2H3. The van der Waals surface area contributed by atoms with E-state index in [0.717, 1.165) is 12.8 Å². The summed E-state index contributed by atoms with van der Waals surface area (Å²) in [5.41, 5.74) is 5.55. The Kier molecular flexibility index (Phi) is 4.21. The lowest BCUT2D eigenvalue weighted by molar-refractivity contribution is 1.19. The summed E-state index contributed by atoms with van der Waals surface area (Å²) in [4.78, 5) is 2.99. The quantitative estimate of drug-likeness (QED) is 0.536. The summed E-state index contributed by atoms with van der Waals surface area (Å²) in [5.74, 6) is 0. The number of aryl methyl sites for hydroxylation is 2. The van der Waals surface area contributed by atoms with E-state index in [2.05, 4.69) is 74.5 Å². The Hall–Kier alpha value is -1.86. The fourth-order valence-electron chi connectivity index (χ4n) is 2.85. The maximum atomic E-state index is 2.26. The largest absolute Gasteiger partial charge is 0.144 e. The van der Waals surface area contributed by atoms with E-state index in [1.165, 1.54) is 32.0 Å². The molecule has 0 aliphatic heterocycles. The molecule has 1 heterocycles. The second kappa shape index (κ2) is 6.28. The van der Waals surface area contributed by atoms with Crippen LogP contribution in [0.4, 0.5) is 0 Å².